The largest absolute Gasteiger partial charge is 0.337 e. The first-order valence-electron chi connectivity index (χ1n) is 7.87. The summed E-state index contributed by atoms with van der Waals surface area (Å²) in [6, 6.07) is 0.764. The molecule has 0 spiro atoms. The van der Waals surface area contributed by atoms with Gasteiger partial charge in [0.1, 0.15) is 0 Å². The molecular formula is C15H29N3O. The molecule has 0 aromatic rings. The van der Waals surface area contributed by atoms with Crippen LogP contribution < -0.4 is 5.32 Å². The molecule has 19 heavy (non-hydrogen) atoms. The van der Waals surface area contributed by atoms with Gasteiger partial charge in [0, 0.05) is 25.2 Å². The van der Waals surface area contributed by atoms with Crippen LogP contribution >= 0.6 is 0 Å². The Morgan fingerprint density at radius 1 is 1.16 bits per heavy atom. The Balaban J connectivity index is 1.88. The molecule has 2 atom stereocenters. The summed E-state index contributed by atoms with van der Waals surface area (Å²) in [6.07, 6.45) is 4.75. The second-order valence-electron chi connectivity index (χ2n) is 6.40. The fourth-order valence-electron chi connectivity index (χ4n) is 3.33. The van der Waals surface area contributed by atoms with E-state index in [1.54, 1.807) is 0 Å². The van der Waals surface area contributed by atoms with E-state index in [1.165, 1.54) is 25.9 Å². The van der Waals surface area contributed by atoms with Crippen molar-refractivity contribution in [1.82, 2.24) is 15.1 Å². The van der Waals surface area contributed by atoms with E-state index in [4.69, 9.17) is 0 Å². The lowest BCUT2D eigenvalue weighted by Gasteiger charge is -2.38. The van der Waals surface area contributed by atoms with Crippen LogP contribution in [0, 0.1) is 0 Å². The van der Waals surface area contributed by atoms with Crippen LogP contribution in [0.3, 0.4) is 0 Å². The number of nitrogens with one attached hydrogen (secondary N) is 1. The van der Waals surface area contributed by atoms with Gasteiger partial charge in [0.2, 0.25) is 5.91 Å². The van der Waals surface area contributed by atoms with Crippen molar-refractivity contribution in [2.45, 2.75) is 64.6 Å². The third-order valence-corrected chi connectivity index (χ3v) is 4.26. The lowest BCUT2D eigenvalue weighted by Crippen LogP contribution is -2.56. The quantitative estimate of drug-likeness (QED) is 0.819. The van der Waals surface area contributed by atoms with Crippen molar-refractivity contribution >= 4 is 5.91 Å². The SMILES string of the molecule is CC(C)NC1CCCN(C(C)CN2CCCC2)C1=O. The zero-order valence-corrected chi connectivity index (χ0v) is 12.7. The van der Waals surface area contributed by atoms with E-state index in [2.05, 4.69) is 35.9 Å². The van der Waals surface area contributed by atoms with Gasteiger partial charge in [-0.3, -0.25) is 4.79 Å². The highest BCUT2D eigenvalue weighted by atomic mass is 16.2. The Labute approximate surface area is 117 Å². The molecule has 0 bridgehead atoms. The molecule has 4 heteroatoms. The molecule has 0 aromatic heterocycles. The van der Waals surface area contributed by atoms with Crippen molar-refractivity contribution in [1.29, 1.82) is 0 Å². The van der Waals surface area contributed by atoms with Crippen molar-refractivity contribution in [3.63, 3.8) is 0 Å². The number of likely N-dealkylation sites (tertiary alicyclic amines) is 2. The molecule has 2 unspecified atom stereocenters. The summed E-state index contributed by atoms with van der Waals surface area (Å²) < 4.78 is 0. The summed E-state index contributed by atoms with van der Waals surface area (Å²) in [5.41, 5.74) is 0. The third-order valence-electron chi connectivity index (χ3n) is 4.26. The highest BCUT2D eigenvalue weighted by Crippen LogP contribution is 2.17. The summed E-state index contributed by atoms with van der Waals surface area (Å²) in [7, 11) is 0. The Morgan fingerprint density at radius 3 is 2.47 bits per heavy atom. The standard InChI is InChI=1S/C15H29N3O/c1-12(2)16-14-7-6-10-18(15(14)19)13(3)11-17-8-4-5-9-17/h12-14,16H,4-11H2,1-3H3. The topological polar surface area (TPSA) is 35.6 Å². The molecule has 0 saturated carbocycles. The van der Waals surface area contributed by atoms with Crippen molar-refractivity contribution in [2.75, 3.05) is 26.2 Å². The highest BCUT2D eigenvalue weighted by molar-refractivity contribution is 5.83. The molecule has 0 radical (unpaired) electrons. The van der Waals surface area contributed by atoms with E-state index < -0.39 is 0 Å². The van der Waals surface area contributed by atoms with Crippen LogP contribution in [0.25, 0.3) is 0 Å². The molecule has 0 aromatic carbocycles. The predicted molar refractivity (Wildman–Crippen MR) is 78.1 cm³/mol. The zero-order chi connectivity index (χ0) is 13.8. The monoisotopic (exact) mass is 267 g/mol. The van der Waals surface area contributed by atoms with Gasteiger partial charge in [0.15, 0.2) is 0 Å². The molecule has 110 valence electrons. The lowest BCUT2D eigenvalue weighted by molar-refractivity contribution is -0.138. The van der Waals surface area contributed by atoms with Gasteiger partial charge in [-0.15, -0.1) is 0 Å². The second kappa shape index (κ2) is 6.71. The van der Waals surface area contributed by atoms with Crippen LogP contribution in [0.5, 0.6) is 0 Å². The van der Waals surface area contributed by atoms with Gasteiger partial charge in [-0.2, -0.15) is 0 Å². The molecule has 1 amide bonds. The molecule has 2 aliphatic rings. The van der Waals surface area contributed by atoms with E-state index in [1.807, 2.05) is 0 Å². The minimum absolute atomic E-state index is 0.0368. The van der Waals surface area contributed by atoms with E-state index in [0.717, 1.165) is 25.9 Å². The first kappa shape index (κ1) is 14.8. The molecule has 2 fully saturated rings. The maximum absolute atomic E-state index is 12.5. The van der Waals surface area contributed by atoms with Crippen LogP contribution in [0.4, 0.5) is 0 Å². The number of carbonyl (C=O) groups excluding carboxylic acids is 1. The number of hydrogen-bond donors (Lipinski definition) is 1. The number of carbonyl (C=O) groups is 1. The summed E-state index contributed by atoms with van der Waals surface area (Å²) in [5.74, 6) is 0.312. The number of piperidine rings is 1. The highest BCUT2D eigenvalue weighted by Gasteiger charge is 2.32. The average Bonchev–Trinajstić information content (AvgIpc) is 2.84. The summed E-state index contributed by atoms with van der Waals surface area (Å²) in [6.45, 7) is 10.8. The van der Waals surface area contributed by atoms with Gasteiger partial charge in [-0.05, 0) is 45.7 Å². The maximum Gasteiger partial charge on any atom is 0.239 e. The normalized spacial score (nSPS) is 27.3. The maximum atomic E-state index is 12.5. The van der Waals surface area contributed by atoms with Crippen molar-refractivity contribution in [2.24, 2.45) is 0 Å². The fraction of sp³-hybridized carbons (Fsp3) is 0.933. The van der Waals surface area contributed by atoms with E-state index in [-0.39, 0.29) is 6.04 Å². The van der Waals surface area contributed by atoms with Crippen LogP contribution in [-0.2, 0) is 4.79 Å². The molecule has 2 heterocycles. The first-order valence-corrected chi connectivity index (χ1v) is 7.87. The average molecular weight is 267 g/mol. The van der Waals surface area contributed by atoms with E-state index in [0.29, 0.717) is 18.0 Å². The molecule has 1 N–H and O–H groups in total. The van der Waals surface area contributed by atoms with Crippen molar-refractivity contribution in [3.8, 4) is 0 Å². The van der Waals surface area contributed by atoms with Gasteiger partial charge >= 0.3 is 0 Å². The van der Waals surface area contributed by atoms with Crippen LogP contribution in [0.2, 0.25) is 0 Å². The molecule has 2 saturated heterocycles. The molecular weight excluding hydrogens is 238 g/mol. The summed E-state index contributed by atoms with van der Waals surface area (Å²) in [4.78, 5) is 17.1. The van der Waals surface area contributed by atoms with Crippen LogP contribution in [0.15, 0.2) is 0 Å². The fourth-order valence-corrected chi connectivity index (χ4v) is 3.33. The molecule has 0 aliphatic carbocycles. The third kappa shape index (κ3) is 3.93. The number of hydrogen-bond acceptors (Lipinski definition) is 3. The zero-order valence-electron chi connectivity index (χ0n) is 12.7. The van der Waals surface area contributed by atoms with E-state index in [9.17, 15) is 4.79 Å². The number of rotatable bonds is 5. The Kier molecular flexibility index (Phi) is 5.22. The second-order valence-corrected chi connectivity index (χ2v) is 6.40. The predicted octanol–water partition coefficient (Wildman–Crippen LogP) is 1.46. The molecule has 2 rings (SSSR count). The number of nitrogens with zero attached hydrogens (tertiary/aromatic N) is 2. The Morgan fingerprint density at radius 2 is 1.84 bits per heavy atom. The van der Waals surface area contributed by atoms with E-state index >= 15 is 0 Å². The lowest BCUT2D eigenvalue weighted by atomic mass is 10.0. The van der Waals surface area contributed by atoms with Crippen LogP contribution in [-0.4, -0.2) is 60.0 Å². The molecule has 2 aliphatic heterocycles. The minimum Gasteiger partial charge on any atom is -0.337 e. The number of amides is 1. The van der Waals surface area contributed by atoms with Gasteiger partial charge in [0.05, 0.1) is 6.04 Å². The van der Waals surface area contributed by atoms with Gasteiger partial charge in [-0.25, -0.2) is 0 Å². The smallest absolute Gasteiger partial charge is 0.239 e. The first-order chi connectivity index (χ1) is 9.08. The summed E-state index contributed by atoms with van der Waals surface area (Å²) in [5, 5.41) is 3.41. The summed E-state index contributed by atoms with van der Waals surface area (Å²) >= 11 is 0. The van der Waals surface area contributed by atoms with Gasteiger partial charge in [0.25, 0.3) is 0 Å². The van der Waals surface area contributed by atoms with Crippen LogP contribution in [0.1, 0.15) is 46.5 Å². The Bertz CT molecular complexity index is 300. The van der Waals surface area contributed by atoms with Crippen molar-refractivity contribution < 1.29 is 4.79 Å². The Hall–Kier alpha value is -0.610. The minimum atomic E-state index is 0.0368. The van der Waals surface area contributed by atoms with Gasteiger partial charge < -0.3 is 15.1 Å². The van der Waals surface area contributed by atoms with Crippen molar-refractivity contribution in [3.05, 3.63) is 0 Å². The molecule has 4 nitrogen and oxygen atoms in total. The van der Waals surface area contributed by atoms with Gasteiger partial charge in [-0.1, -0.05) is 13.8 Å².